The molecular formula is C9F7N. The van der Waals surface area contributed by atoms with Crippen LogP contribution in [-0.4, -0.2) is 4.98 Å². The first-order chi connectivity index (χ1) is 7.86. The Morgan fingerprint density at radius 1 is 0.529 bits per heavy atom. The van der Waals surface area contributed by atoms with Crippen molar-refractivity contribution in [2.45, 2.75) is 0 Å². The average Bonchev–Trinajstić information content (AvgIpc) is 2.30. The van der Waals surface area contributed by atoms with E-state index in [0.29, 0.717) is 0 Å². The highest BCUT2D eigenvalue weighted by Gasteiger charge is 2.27. The van der Waals surface area contributed by atoms with Crippen molar-refractivity contribution in [3.05, 3.63) is 40.9 Å². The molecule has 0 unspecified atom stereocenters. The van der Waals surface area contributed by atoms with Crippen LogP contribution in [0.1, 0.15) is 0 Å². The summed E-state index contributed by atoms with van der Waals surface area (Å²) in [5, 5.41) is -1.58. The summed E-state index contributed by atoms with van der Waals surface area (Å²) in [6.45, 7) is 0. The predicted octanol–water partition coefficient (Wildman–Crippen LogP) is 3.21. The van der Waals surface area contributed by atoms with Crippen molar-refractivity contribution in [3.63, 3.8) is 0 Å². The SMILES string of the molecule is Fc1nc2c(F)c(F)c(F)c(F)c2c(F)c1F. The van der Waals surface area contributed by atoms with Gasteiger partial charge in [-0.1, -0.05) is 0 Å². The summed E-state index contributed by atoms with van der Waals surface area (Å²) in [7, 11) is 0. The van der Waals surface area contributed by atoms with Crippen LogP contribution in [-0.2, 0) is 0 Å². The molecule has 0 aliphatic carbocycles. The van der Waals surface area contributed by atoms with Crippen molar-refractivity contribution < 1.29 is 30.7 Å². The Morgan fingerprint density at radius 2 is 1.00 bits per heavy atom. The average molecular weight is 255 g/mol. The van der Waals surface area contributed by atoms with Gasteiger partial charge in [0.05, 0.1) is 5.39 Å². The fourth-order valence-electron chi connectivity index (χ4n) is 1.27. The molecule has 1 aromatic heterocycles. The molecule has 0 saturated heterocycles. The third kappa shape index (κ3) is 1.43. The molecule has 0 spiro atoms. The van der Waals surface area contributed by atoms with Crippen LogP contribution in [0.25, 0.3) is 10.9 Å². The molecule has 17 heavy (non-hydrogen) atoms. The predicted molar refractivity (Wildman–Crippen MR) is 41.4 cm³/mol. The van der Waals surface area contributed by atoms with Gasteiger partial charge in [0, 0.05) is 0 Å². The Labute approximate surface area is 88.5 Å². The molecule has 0 radical (unpaired) electrons. The Bertz CT molecular complexity index is 629. The summed E-state index contributed by atoms with van der Waals surface area (Å²) in [6, 6.07) is 0. The van der Waals surface area contributed by atoms with Crippen LogP contribution in [0.3, 0.4) is 0 Å². The molecule has 0 amide bonds. The molecule has 0 fully saturated rings. The number of hydrogen-bond acceptors (Lipinski definition) is 1. The van der Waals surface area contributed by atoms with Gasteiger partial charge in [-0.15, -0.1) is 0 Å². The first kappa shape index (κ1) is 11.6. The first-order valence-electron chi connectivity index (χ1n) is 4.02. The van der Waals surface area contributed by atoms with Crippen LogP contribution < -0.4 is 0 Å². The number of hydrogen-bond donors (Lipinski definition) is 0. The lowest BCUT2D eigenvalue weighted by Gasteiger charge is -2.05. The first-order valence-corrected chi connectivity index (χ1v) is 4.02. The summed E-state index contributed by atoms with van der Waals surface area (Å²) in [4.78, 5) is 2.50. The Morgan fingerprint density at radius 3 is 1.59 bits per heavy atom. The number of fused-ring (bicyclic) bond motifs is 1. The van der Waals surface area contributed by atoms with E-state index in [1.165, 1.54) is 0 Å². The summed E-state index contributed by atoms with van der Waals surface area (Å²) < 4.78 is 89.9. The highest BCUT2D eigenvalue weighted by atomic mass is 19.2. The highest BCUT2D eigenvalue weighted by Crippen LogP contribution is 2.29. The molecule has 0 N–H and O–H groups in total. The molecule has 90 valence electrons. The van der Waals surface area contributed by atoms with Gasteiger partial charge in [0.2, 0.25) is 5.82 Å². The van der Waals surface area contributed by atoms with Crippen molar-refractivity contribution in [3.8, 4) is 0 Å². The van der Waals surface area contributed by atoms with Gasteiger partial charge in [0.25, 0.3) is 5.95 Å². The molecular weight excluding hydrogens is 255 g/mol. The third-order valence-electron chi connectivity index (χ3n) is 2.05. The van der Waals surface area contributed by atoms with E-state index in [1.807, 2.05) is 0 Å². The summed E-state index contributed by atoms with van der Waals surface area (Å²) in [5.41, 5.74) is -1.46. The second-order valence-electron chi connectivity index (χ2n) is 3.01. The van der Waals surface area contributed by atoms with Crippen molar-refractivity contribution in [1.82, 2.24) is 4.98 Å². The third-order valence-corrected chi connectivity index (χ3v) is 2.05. The number of halogens is 7. The molecule has 0 aliphatic heterocycles. The number of rotatable bonds is 0. The van der Waals surface area contributed by atoms with E-state index in [4.69, 9.17) is 0 Å². The molecule has 1 heterocycles. The molecule has 1 nitrogen and oxygen atoms in total. The fourth-order valence-corrected chi connectivity index (χ4v) is 1.27. The minimum absolute atomic E-state index is 1.46. The standard InChI is InChI=1S/C9F7N/c10-2-1-3(11)7(15)9(16)17-8(1)6(14)5(13)4(2)12. The number of benzene rings is 1. The van der Waals surface area contributed by atoms with Crippen LogP contribution in [0, 0.1) is 40.9 Å². The second-order valence-corrected chi connectivity index (χ2v) is 3.01. The van der Waals surface area contributed by atoms with E-state index in [0.717, 1.165) is 0 Å². The maximum absolute atomic E-state index is 13.1. The van der Waals surface area contributed by atoms with E-state index >= 15 is 0 Å². The van der Waals surface area contributed by atoms with Crippen molar-refractivity contribution in [2.75, 3.05) is 0 Å². The van der Waals surface area contributed by atoms with Gasteiger partial charge < -0.3 is 0 Å². The van der Waals surface area contributed by atoms with Crippen molar-refractivity contribution >= 4 is 10.9 Å². The fraction of sp³-hybridized carbons (Fsp3) is 0. The van der Waals surface area contributed by atoms with Crippen LogP contribution in [0.2, 0.25) is 0 Å². The van der Waals surface area contributed by atoms with E-state index in [9.17, 15) is 30.7 Å². The largest absolute Gasteiger partial charge is 0.252 e. The smallest absolute Gasteiger partial charge is 0.214 e. The van der Waals surface area contributed by atoms with Crippen LogP contribution in [0.15, 0.2) is 0 Å². The van der Waals surface area contributed by atoms with E-state index < -0.39 is 51.8 Å². The van der Waals surface area contributed by atoms with E-state index in [1.54, 1.807) is 0 Å². The highest BCUT2D eigenvalue weighted by molar-refractivity contribution is 5.80. The molecule has 2 rings (SSSR count). The van der Waals surface area contributed by atoms with Gasteiger partial charge >= 0.3 is 0 Å². The summed E-state index contributed by atoms with van der Waals surface area (Å²) in [6.07, 6.45) is 0. The molecule has 0 aliphatic rings. The zero-order valence-corrected chi connectivity index (χ0v) is 7.59. The Kier molecular flexibility index (Phi) is 2.44. The quantitative estimate of drug-likeness (QED) is 0.305. The van der Waals surface area contributed by atoms with Gasteiger partial charge in [-0.05, 0) is 0 Å². The van der Waals surface area contributed by atoms with Crippen LogP contribution >= 0.6 is 0 Å². The van der Waals surface area contributed by atoms with Gasteiger partial charge in [-0.25, -0.2) is 26.9 Å². The van der Waals surface area contributed by atoms with Crippen LogP contribution in [0.5, 0.6) is 0 Å². The topological polar surface area (TPSA) is 12.9 Å². The second kappa shape index (κ2) is 3.57. The van der Waals surface area contributed by atoms with Gasteiger partial charge in [0.1, 0.15) is 5.52 Å². The number of pyridine rings is 1. The Hall–Kier alpha value is -1.86. The lowest BCUT2D eigenvalue weighted by Crippen LogP contribution is -2.05. The van der Waals surface area contributed by atoms with Crippen molar-refractivity contribution in [1.29, 1.82) is 0 Å². The molecule has 0 atom stereocenters. The molecule has 2 aromatic rings. The number of nitrogens with zero attached hydrogens (tertiary/aromatic N) is 1. The van der Waals surface area contributed by atoms with Crippen LogP contribution in [0.4, 0.5) is 30.7 Å². The maximum atomic E-state index is 13.1. The minimum Gasteiger partial charge on any atom is -0.214 e. The zero-order valence-electron chi connectivity index (χ0n) is 7.59. The molecule has 0 saturated carbocycles. The molecule has 8 heteroatoms. The van der Waals surface area contributed by atoms with Gasteiger partial charge in [0.15, 0.2) is 29.1 Å². The van der Waals surface area contributed by atoms with E-state index in [-0.39, 0.29) is 0 Å². The lowest BCUT2D eigenvalue weighted by molar-refractivity contribution is 0.403. The Balaban J connectivity index is 3.12. The summed E-state index contributed by atoms with van der Waals surface area (Å²) in [5.74, 6) is -15.4. The monoisotopic (exact) mass is 255 g/mol. The summed E-state index contributed by atoms with van der Waals surface area (Å²) >= 11 is 0. The maximum Gasteiger partial charge on any atom is 0.252 e. The van der Waals surface area contributed by atoms with Gasteiger partial charge in [-0.3, -0.25) is 0 Å². The van der Waals surface area contributed by atoms with E-state index in [2.05, 4.69) is 4.98 Å². The minimum atomic E-state index is -2.33. The van der Waals surface area contributed by atoms with Crippen molar-refractivity contribution in [2.24, 2.45) is 0 Å². The molecule has 1 aromatic carbocycles. The normalized spacial score (nSPS) is 11.2. The zero-order chi connectivity index (χ0) is 12.9. The molecule has 0 bridgehead atoms. The number of aromatic nitrogens is 1. The van der Waals surface area contributed by atoms with Gasteiger partial charge in [-0.2, -0.15) is 8.78 Å². The lowest BCUT2D eigenvalue weighted by atomic mass is 10.1.